The summed E-state index contributed by atoms with van der Waals surface area (Å²) in [6.07, 6.45) is 3.86. The van der Waals surface area contributed by atoms with Crippen LogP contribution in [0.2, 0.25) is 0 Å². The molecule has 0 atom stereocenters. The van der Waals surface area contributed by atoms with Crippen LogP contribution in [0.5, 0.6) is 5.75 Å². The van der Waals surface area contributed by atoms with E-state index in [2.05, 4.69) is 33.8 Å². The van der Waals surface area contributed by atoms with E-state index in [0.717, 1.165) is 36.8 Å². The average molecular weight is 206 g/mol. The number of hydrogen-bond acceptors (Lipinski definition) is 1. The molecule has 0 amide bonds. The fourth-order valence-corrected chi connectivity index (χ4v) is 2.29. The first-order valence-electron chi connectivity index (χ1n) is 6.04. The molecule has 0 bridgehead atoms. The van der Waals surface area contributed by atoms with Gasteiger partial charge in [0.2, 0.25) is 0 Å². The summed E-state index contributed by atoms with van der Waals surface area (Å²) in [7, 11) is 0. The SMILES string of the molecule is CCc1cc(CC)c(CC)c(O)c1CC. The Labute approximate surface area is 93.1 Å². The van der Waals surface area contributed by atoms with Gasteiger partial charge in [0.25, 0.3) is 0 Å². The van der Waals surface area contributed by atoms with E-state index in [1.807, 2.05) is 0 Å². The Hall–Kier alpha value is -0.980. The smallest absolute Gasteiger partial charge is 0.122 e. The molecule has 0 saturated heterocycles. The second-order valence-corrected chi connectivity index (χ2v) is 3.91. The molecule has 0 radical (unpaired) electrons. The Bertz CT molecular complexity index is 309. The standard InChI is InChI=1S/C14H22O/c1-5-10-9-11(6-2)13(8-4)14(15)12(10)7-3/h9,15H,5-8H2,1-4H3. The minimum atomic E-state index is 0.552. The largest absolute Gasteiger partial charge is 0.507 e. The first kappa shape index (κ1) is 12.1. The van der Waals surface area contributed by atoms with Crippen molar-refractivity contribution in [2.24, 2.45) is 0 Å². The van der Waals surface area contributed by atoms with Crippen LogP contribution in [0.3, 0.4) is 0 Å². The molecule has 0 fully saturated rings. The molecule has 1 nitrogen and oxygen atoms in total. The zero-order valence-electron chi connectivity index (χ0n) is 10.4. The fourth-order valence-electron chi connectivity index (χ4n) is 2.29. The lowest BCUT2D eigenvalue weighted by Crippen LogP contribution is -2.00. The third-order valence-electron chi connectivity index (χ3n) is 3.16. The summed E-state index contributed by atoms with van der Waals surface area (Å²) >= 11 is 0. The molecular formula is C14H22O. The molecule has 1 aromatic carbocycles. The van der Waals surface area contributed by atoms with E-state index in [4.69, 9.17) is 0 Å². The van der Waals surface area contributed by atoms with E-state index in [1.165, 1.54) is 11.1 Å². The average Bonchev–Trinajstić information content (AvgIpc) is 2.27. The van der Waals surface area contributed by atoms with Gasteiger partial charge in [-0.05, 0) is 47.9 Å². The molecule has 0 spiro atoms. The summed E-state index contributed by atoms with van der Waals surface area (Å²) in [4.78, 5) is 0. The quantitative estimate of drug-likeness (QED) is 0.797. The Balaban J connectivity index is 3.41. The van der Waals surface area contributed by atoms with Gasteiger partial charge >= 0.3 is 0 Å². The van der Waals surface area contributed by atoms with Gasteiger partial charge in [-0.2, -0.15) is 0 Å². The minimum absolute atomic E-state index is 0.552. The predicted octanol–water partition coefficient (Wildman–Crippen LogP) is 3.64. The van der Waals surface area contributed by atoms with Crippen LogP contribution >= 0.6 is 0 Å². The number of aromatic hydroxyl groups is 1. The van der Waals surface area contributed by atoms with Crippen molar-refractivity contribution >= 4 is 0 Å². The highest BCUT2D eigenvalue weighted by atomic mass is 16.3. The van der Waals surface area contributed by atoms with Gasteiger partial charge in [0, 0.05) is 0 Å². The molecule has 1 N–H and O–H groups in total. The minimum Gasteiger partial charge on any atom is -0.507 e. The molecule has 0 aliphatic carbocycles. The second-order valence-electron chi connectivity index (χ2n) is 3.91. The van der Waals surface area contributed by atoms with Crippen molar-refractivity contribution < 1.29 is 5.11 Å². The molecule has 15 heavy (non-hydrogen) atoms. The Morgan fingerprint density at radius 1 is 0.800 bits per heavy atom. The predicted molar refractivity (Wildman–Crippen MR) is 65.6 cm³/mol. The van der Waals surface area contributed by atoms with Gasteiger partial charge < -0.3 is 5.11 Å². The summed E-state index contributed by atoms with van der Waals surface area (Å²) < 4.78 is 0. The molecule has 0 aliphatic rings. The van der Waals surface area contributed by atoms with Crippen molar-refractivity contribution in [3.05, 3.63) is 28.3 Å². The van der Waals surface area contributed by atoms with Crippen LogP contribution in [0.4, 0.5) is 0 Å². The lowest BCUT2D eigenvalue weighted by molar-refractivity contribution is 0.460. The molecule has 0 aromatic heterocycles. The molecule has 0 saturated carbocycles. The van der Waals surface area contributed by atoms with Crippen molar-refractivity contribution in [3.63, 3.8) is 0 Å². The highest BCUT2D eigenvalue weighted by Crippen LogP contribution is 2.31. The van der Waals surface area contributed by atoms with Gasteiger partial charge in [-0.25, -0.2) is 0 Å². The third-order valence-corrected chi connectivity index (χ3v) is 3.16. The second kappa shape index (κ2) is 5.20. The van der Waals surface area contributed by atoms with Crippen LogP contribution in [-0.2, 0) is 25.7 Å². The topological polar surface area (TPSA) is 20.2 Å². The van der Waals surface area contributed by atoms with Crippen LogP contribution in [-0.4, -0.2) is 5.11 Å². The zero-order valence-corrected chi connectivity index (χ0v) is 10.4. The summed E-state index contributed by atoms with van der Waals surface area (Å²) in [6, 6.07) is 2.28. The van der Waals surface area contributed by atoms with Gasteiger partial charge in [0.1, 0.15) is 5.75 Å². The highest BCUT2D eigenvalue weighted by molar-refractivity contribution is 5.50. The van der Waals surface area contributed by atoms with E-state index in [-0.39, 0.29) is 0 Å². The lowest BCUT2D eigenvalue weighted by Gasteiger charge is -2.16. The van der Waals surface area contributed by atoms with E-state index >= 15 is 0 Å². The molecule has 0 unspecified atom stereocenters. The molecular weight excluding hydrogens is 184 g/mol. The monoisotopic (exact) mass is 206 g/mol. The maximum absolute atomic E-state index is 10.2. The maximum Gasteiger partial charge on any atom is 0.122 e. The number of rotatable bonds is 4. The van der Waals surface area contributed by atoms with Crippen molar-refractivity contribution in [1.82, 2.24) is 0 Å². The van der Waals surface area contributed by atoms with Crippen LogP contribution in [0, 0.1) is 0 Å². The van der Waals surface area contributed by atoms with Gasteiger partial charge in [-0.1, -0.05) is 33.8 Å². The number of benzene rings is 1. The first-order valence-corrected chi connectivity index (χ1v) is 6.04. The van der Waals surface area contributed by atoms with Gasteiger partial charge in [-0.15, -0.1) is 0 Å². The number of phenols is 1. The van der Waals surface area contributed by atoms with Crippen molar-refractivity contribution in [2.75, 3.05) is 0 Å². The highest BCUT2D eigenvalue weighted by Gasteiger charge is 2.13. The Morgan fingerprint density at radius 3 is 1.47 bits per heavy atom. The van der Waals surface area contributed by atoms with Gasteiger partial charge in [0.05, 0.1) is 0 Å². The van der Waals surface area contributed by atoms with Crippen LogP contribution in [0.15, 0.2) is 6.07 Å². The summed E-state index contributed by atoms with van der Waals surface area (Å²) in [5.74, 6) is 0.552. The van der Waals surface area contributed by atoms with E-state index in [1.54, 1.807) is 0 Å². The molecule has 1 heteroatoms. The number of phenolic OH excluding ortho intramolecular Hbond substituents is 1. The Morgan fingerprint density at radius 2 is 1.20 bits per heavy atom. The molecule has 0 heterocycles. The third kappa shape index (κ3) is 2.17. The first-order chi connectivity index (χ1) is 7.19. The summed E-state index contributed by atoms with van der Waals surface area (Å²) in [5.41, 5.74) is 4.91. The maximum atomic E-state index is 10.2. The Kier molecular flexibility index (Phi) is 4.19. The fraction of sp³-hybridized carbons (Fsp3) is 0.571. The van der Waals surface area contributed by atoms with Crippen molar-refractivity contribution in [3.8, 4) is 5.75 Å². The van der Waals surface area contributed by atoms with Crippen molar-refractivity contribution in [1.29, 1.82) is 0 Å². The molecule has 84 valence electrons. The van der Waals surface area contributed by atoms with Crippen LogP contribution in [0.25, 0.3) is 0 Å². The zero-order chi connectivity index (χ0) is 11.4. The van der Waals surface area contributed by atoms with E-state index in [0.29, 0.717) is 5.75 Å². The van der Waals surface area contributed by atoms with Crippen LogP contribution < -0.4 is 0 Å². The number of aryl methyl sites for hydroxylation is 2. The summed E-state index contributed by atoms with van der Waals surface area (Å²) in [6.45, 7) is 8.52. The molecule has 1 aromatic rings. The molecule has 0 aliphatic heterocycles. The molecule has 1 rings (SSSR count). The van der Waals surface area contributed by atoms with E-state index < -0.39 is 0 Å². The normalized spacial score (nSPS) is 10.7. The summed E-state index contributed by atoms with van der Waals surface area (Å²) in [5, 5.41) is 10.2. The number of hydrogen-bond donors (Lipinski definition) is 1. The van der Waals surface area contributed by atoms with Gasteiger partial charge in [-0.3, -0.25) is 0 Å². The van der Waals surface area contributed by atoms with Gasteiger partial charge in [0.15, 0.2) is 0 Å². The van der Waals surface area contributed by atoms with Crippen molar-refractivity contribution in [2.45, 2.75) is 53.4 Å². The lowest BCUT2D eigenvalue weighted by atomic mass is 9.92. The van der Waals surface area contributed by atoms with Crippen LogP contribution in [0.1, 0.15) is 49.9 Å². The van der Waals surface area contributed by atoms with E-state index in [9.17, 15) is 5.11 Å².